The molecule has 0 aliphatic rings. The molecule has 6 heteroatoms. The van der Waals surface area contributed by atoms with Crippen molar-refractivity contribution in [3.05, 3.63) is 29.6 Å². The molecule has 0 saturated heterocycles. The summed E-state index contributed by atoms with van der Waals surface area (Å²) >= 11 is 0. The largest absolute Gasteiger partial charge is 0.395 e. The molecule has 1 aromatic carbocycles. The molecular formula is C10H14FNO3S. The molecule has 90 valence electrons. The highest BCUT2D eigenvalue weighted by atomic mass is 32.2. The van der Waals surface area contributed by atoms with Gasteiger partial charge in [0.1, 0.15) is 10.7 Å². The molecule has 0 spiro atoms. The van der Waals surface area contributed by atoms with Crippen LogP contribution in [0.2, 0.25) is 0 Å². The lowest BCUT2D eigenvalue weighted by Crippen LogP contribution is -2.35. The minimum atomic E-state index is -3.90. The molecule has 0 bridgehead atoms. The highest BCUT2D eigenvalue weighted by molar-refractivity contribution is 7.89. The molecule has 0 amide bonds. The monoisotopic (exact) mass is 247 g/mol. The van der Waals surface area contributed by atoms with Gasteiger partial charge < -0.3 is 5.11 Å². The fourth-order valence-electron chi connectivity index (χ4n) is 1.19. The zero-order chi connectivity index (χ0) is 12.3. The fraction of sp³-hybridized carbons (Fsp3) is 0.400. The lowest BCUT2D eigenvalue weighted by molar-refractivity contribution is 0.265. The van der Waals surface area contributed by atoms with Crippen molar-refractivity contribution in [2.75, 3.05) is 6.61 Å². The second kappa shape index (κ2) is 4.90. The number of rotatable bonds is 4. The zero-order valence-corrected chi connectivity index (χ0v) is 9.88. The third kappa shape index (κ3) is 3.01. The van der Waals surface area contributed by atoms with E-state index < -0.39 is 26.8 Å². The van der Waals surface area contributed by atoms with Gasteiger partial charge in [0.25, 0.3) is 0 Å². The fourth-order valence-corrected chi connectivity index (χ4v) is 2.48. The highest BCUT2D eigenvalue weighted by Crippen LogP contribution is 2.15. The van der Waals surface area contributed by atoms with Crippen molar-refractivity contribution in [3.63, 3.8) is 0 Å². The smallest absolute Gasteiger partial charge is 0.243 e. The van der Waals surface area contributed by atoms with Crippen molar-refractivity contribution < 1.29 is 17.9 Å². The predicted octanol–water partition coefficient (Wildman–Crippen LogP) is 0.793. The summed E-state index contributed by atoms with van der Waals surface area (Å²) in [7, 11) is -3.90. The van der Waals surface area contributed by atoms with Crippen molar-refractivity contribution >= 4 is 10.0 Å². The van der Waals surface area contributed by atoms with E-state index in [0.717, 1.165) is 6.07 Å². The molecule has 0 aliphatic carbocycles. The SMILES string of the molecule is Cc1ccc(S(=O)(=O)N[C@H](C)CO)c(F)c1. The van der Waals surface area contributed by atoms with Gasteiger partial charge in [-0.2, -0.15) is 0 Å². The van der Waals surface area contributed by atoms with Crippen molar-refractivity contribution in [3.8, 4) is 0 Å². The van der Waals surface area contributed by atoms with Crippen LogP contribution in [0, 0.1) is 12.7 Å². The number of hydrogen-bond acceptors (Lipinski definition) is 3. The van der Waals surface area contributed by atoms with Crippen LogP contribution in [0.15, 0.2) is 23.1 Å². The normalized spacial score (nSPS) is 13.8. The lowest BCUT2D eigenvalue weighted by atomic mass is 10.2. The molecular weight excluding hydrogens is 233 g/mol. The molecule has 0 unspecified atom stereocenters. The summed E-state index contributed by atoms with van der Waals surface area (Å²) in [6, 6.07) is 3.22. The quantitative estimate of drug-likeness (QED) is 0.826. The van der Waals surface area contributed by atoms with Gasteiger partial charge in [-0.3, -0.25) is 0 Å². The second-order valence-corrected chi connectivity index (χ2v) is 5.32. The molecule has 0 aromatic heterocycles. The van der Waals surface area contributed by atoms with Gasteiger partial charge in [0.15, 0.2) is 0 Å². The van der Waals surface area contributed by atoms with Crippen LogP contribution in [0.1, 0.15) is 12.5 Å². The molecule has 0 heterocycles. The van der Waals surface area contributed by atoms with Crippen LogP contribution in [-0.4, -0.2) is 26.2 Å². The van der Waals surface area contributed by atoms with Crippen LogP contribution in [0.25, 0.3) is 0 Å². The molecule has 16 heavy (non-hydrogen) atoms. The van der Waals surface area contributed by atoms with Crippen LogP contribution in [-0.2, 0) is 10.0 Å². The minimum Gasteiger partial charge on any atom is -0.395 e. The molecule has 2 N–H and O–H groups in total. The van der Waals surface area contributed by atoms with Gasteiger partial charge in [-0.25, -0.2) is 17.5 Å². The van der Waals surface area contributed by atoms with Crippen molar-refractivity contribution in [1.29, 1.82) is 0 Å². The molecule has 0 aliphatic heterocycles. The summed E-state index contributed by atoms with van der Waals surface area (Å²) in [5, 5.41) is 8.74. The molecule has 1 aromatic rings. The Labute approximate surface area is 94.2 Å². The molecule has 1 atom stereocenters. The maximum atomic E-state index is 13.4. The van der Waals surface area contributed by atoms with Gasteiger partial charge in [0.05, 0.1) is 6.61 Å². The lowest BCUT2D eigenvalue weighted by Gasteiger charge is -2.12. The average molecular weight is 247 g/mol. The first-order chi connectivity index (χ1) is 7.36. The summed E-state index contributed by atoms with van der Waals surface area (Å²) in [6.45, 7) is 2.82. The first-order valence-electron chi connectivity index (χ1n) is 4.76. The third-order valence-electron chi connectivity index (χ3n) is 2.01. The van der Waals surface area contributed by atoms with Gasteiger partial charge in [-0.15, -0.1) is 0 Å². The van der Waals surface area contributed by atoms with Crippen LogP contribution in [0.3, 0.4) is 0 Å². The maximum absolute atomic E-state index is 13.4. The number of aryl methyl sites for hydroxylation is 1. The van der Waals surface area contributed by atoms with Gasteiger partial charge in [-0.05, 0) is 31.5 Å². The topological polar surface area (TPSA) is 66.4 Å². The zero-order valence-electron chi connectivity index (χ0n) is 9.07. The van der Waals surface area contributed by atoms with E-state index in [9.17, 15) is 12.8 Å². The molecule has 0 radical (unpaired) electrons. The summed E-state index contributed by atoms with van der Waals surface area (Å²) in [5.41, 5.74) is 0.645. The Kier molecular flexibility index (Phi) is 4.01. The van der Waals surface area contributed by atoms with E-state index in [4.69, 9.17) is 5.11 Å². The Hall–Kier alpha value is -0.980. The Balaban J connectivity index is 3.08. The highest BCUT2D eigenvalue weighted by Gasteiger charge is 2.20. The summed E-state index contributed by atoms with van der Waals surface area (Å²) in [4.78, 5) is -0.404. The first-order valence-corrected chi connectivity index (χ1v) is 6.24. The van der Waals surface area contributed by atoms with E-state index in [1.165, 1.54) is 19.1 Å². The molecule has 1 rings (SSSR count). The van der Waals surface area contributed by atoms with Crippen LogP contribution >= 0.6 is 0 Å². The molecule has 4 nitrogen and oxygen atoms in total. The third-order valence-corrected chi connectivity index (χ3v) is 3.63. The molecule has 0 saturated carbocycles. The van der Waals surface area contributed by atoms with E-state index in [1.807, 2.05) is 0 Å². The summed E-state index contributed by atoms with van der Waals surface area (Å²) in [5.74, 6) is -0.794. The van der Waals surface area contributed by atoms with Gasteiger partial charge in [0.2, 0.25) is 10.0 Å². The Morgan fingerprint density at radius 3 is 2.62 bits per heavy atom. The Morgan fingerprint density at radius 2 is 2.12 bits per heavy atom. The van der Waals surface area contributed by atoms with E-state index in [-0.39, 0.29) is 6.61 Å². The van der Waals surface area contributed by atoms with E-state index in [1.54, 1.807) is 6.92 Å². The average Bonchev–Trinajstić information content (AvgIpc) is 2.16. The molecule has 0 fully saturated rings. The van der Waals surface area contributed by atoms with E-state index in [2.05, 4.69) is 4.72 Å². The number of aliphatic hydroxyl groups is 1. The van der Waals surface area contributed by atoms with Crippen molar-refractivity contribution in [2.24, 2.45) is 0 Å². The number of nitrogens with one attached hydrogen (secondary N) is 1. The number of sulfonamides is 1. The number of aliphatic hydroxyl groups excluding tert-OH is 1. The predicted molar refractivity (Wildman–Crippen MR) is 58.0 cm³/mol. The van der Waals surface area contributed by atoms with Crippen LogP contribution < -0.4 is 4.72 Å². The maximum Gasteiger partial charge on any atom is 0.243 e. The van der Waals surface area contributed by atoms with Crippen molar-refractivity contribution in [2.45, 2.75) is 24.8 Å². The minimum absolute atomic E-state index is 0.341. The number of benzene rings is 1. The number of halogens is 1. The Morgan fingerprint density at radius 1 is 1.50 bits per heavy atom. The van der Waals surface area contributed by atoms with Crippen molar-refractivity contribution in [1.82, 2.24) is 4.72 Å². The van der Waals surface area contributed by atoms with E-state index >= 15 is 0 Å². The van der Waals surface area contributed by atoms with Gasteiger partial charge >= 0.3 is 0 Å². The number of hydrogen-bond donors (Lipinski definition) is 2. The Bertz CT molecular complexity index is 473. The summed E-state index contributed by atoms with van der Waals surface area (Å²) in [6.07, 6.45) is 0. The van der Waals surface area contributed by atoms with Gasteiger partial charge in [-0.1, -0.05) is 6.07 Å². The van der Waals surface area contributed by atoms with Crippen LogP contribution in [0.5, 0.6) is 0 Å². The standard InChI is InChI=1S/C10H14FNO3S/c1-7-3-4-10(9(11)5-7)16(14,15)12-8(2)6-13/h3-5,8,12-13H,6H2,1-2H3/t8-/m1/s1. The summed E-state index contributed by atoms with van der Waals surface area (Å²) < 4.78 is 38.9. The van der Waals surface area contributed by atoms with Gasteiger partial charge in [0, 0.05) is 6.04 Å². The van der Waals surface area contributed by atoms with E-state index in [0.29, 0.717) is 5.56 Å². The first kappa shape index (κ1) is 13.1. The van der Waals surface area contributed by atoms with Crippen LogP contribution in [0.4, 0.5) is 4.39 Å². The second-order valence-electron chi connectivity index (χ2n) is 3.64.